The molecule has 1 fully saturated rings. The Labute approximate surface area is 199 Å². The number of piperazine rings is 1. The number of benzene rings is 2. The van der Waals surface area contributed by atoms with E-state index >= 15 is 0 Å². The molecular weight excluding hydrogens is 434 g/mol. The van der Waals surface area contributed by atoms with Crippen LogP contribution in [0, 0.1) is 10.1 Å². The highest BCUT2D eigenvalue weighted by Gasteiger charge is 2.17. The Balaban J connectivity index is 1.16. The highest BCUT2D eigenvalue weighted by molar-refractivity contribution is 5.86. The fourth-order valence-corrected chi connectivity index (χ4v) is 4.12. The van der Waals surface area contributed by atoms with Crippen molar-refractivity contribution in [3.05, 3.63) is 70.3 Å². The molecule has 4 rings (SSSR count). The van der Waals surface area contributed by atoms with Crippen molar-refractivity contribution in [2.24, 2.45) is 0 Å². The van der Waals surface area contributed by atoms with Crippen LogP contribution in [0.3, 0.4) is 0 Å². The predicted molar refractivity (Wildman–Crippen MR) is 132 cm³/mol. The number of nitro benzene ring substituents is 1. The van der Waals surface area contributed by atoms with Crippen LogP contribution in [-0.4, -0.2) is 84.1 Å². The third-order valence-electron chi connectivity index (χ3n) is 6.04. The van der Waals surface area contributed by atoms with E-state index in [0.717, 1.165) is 44.8 Å². The highest BCUT2D eigenvalue weighted by Crippen LogP contribution is 2.28. The maximum absolute atomic E-state index is 11.1. The molecule has 0 spiro atoms. The van der Waals surface area contributed by atoms with Crippen molar-refractivity contribution in [1.82, 2.24) is 19.6 Å². The third kappa shape index (κ3) is 6.19. The van der Waals surface area contributed by atoms with Gasteiger partial charge in [0, 0.05) is 51.4 Å². The van der Waals surface area contributed by atoms with Gasteiger partial charge in [0.2, 0.25) is 5.88 Å². The van der Waals surface area contributed by atoms with Gasteiger partial charge in [-0.25, -0.2) is 0 Å². The van der Waals surface area contributed by atoms with Gasteiger partial charge in [0.05, 0.1) is 42.7 Å². The van der Waals surface area contributed by atoms with Crippen LogP contribution in [0.5, 0.6) is 5.88 Å². The number of fused-ring (bicyclic) bond motifs is 1. The van der Waals surface area contributed by atoms with Crippen LogP contribution in [0.15, 0.2) is 54.6 Å². The van der Waals surface area contributed by atoms with Gasteiger partial charge in [0.15, 0.2) is 0 Å². The minimum atomic E-state index is -0.416. The minimum Gasteiger partial charge on any atom is -0.479 e. The van der Waals surface area contributed by atoms with Crippen LogP contribution < -0.4 is 4.74 Å². The Morgan fingerprint density at radius 1 is 1.03 bits per heavy atom. The van der Waals surface area contributed by atoms with E-state index in [1.54, 1.807) is 10.7 Å². The summed E-state index contributed by atoms with van der Waals surface area (Å²) in [7, 11) is 1.51. The SMILES string of the molecule is COc1nn(CCOCCN2CCN(C/C=C/c3ccccc3)CC2)c2ccc([N+](=O)[O-])cc12. The molecule has 2 heterocycles. The molecule has 0 saturated carbocycles. The lowest BCUT2D eigenvalue weighted by Gasteiger charge is -2.34. The van der Waals surface area contributed by atoms with Crippen molar-refractivity contribution in [1.29, 1.82) is 0 Å². The summed E-state index contributed by atoms with van der Waals surface area (Å²) in [5.74, 6) is 0.384. The molecule has 1 saturated heterocycles. The van der Waals surface area contributed by atoms with E-state index in [2.05, 4.69) is 51.3 Å². The topological polar surface area (TPSA) is 85.9 Å². The van der Waals surface area contributed by atoms with Crippen molar-refractivity contribution < 1.29 is 14.4 Å². The molecule has 0 unspecified atom stereocenters. The molecule has 1 aromatic heterocycles. The monoisotopic (exact) mass is 465 g/mol. The van der Waals surface area contributed by atoms with Crippen molar-refractivity contribution in [2.45, 2.75) is 6.54 Å². The molecule has 2 aromatic carbocycles. The first-order chi connectivity index (χ1) is 16.6. The zero-order valence-corrected chi connectivity index (χ0v) is 19.5. The summed E-state index contributed by atoms with van der Waals surface area (Å²) in [5, 5.41) is 16.1. The summed E-state index contributed by atoms with van der Waals surface area (Å²) < 4.78 is 12.9. The Morgan fingerprint density at radius 3 is 2.50 bits per heavy atom. The van der Waals surface area contributed by atoms with Gasteiger partial charge in [-0.3, -0.25) is 24.6 Å². The van der Waals surface area contributed by atoms with E-state index < -0.39 is 4.92 Å². The lowest BCUT2D eigenvalue weighted by atomic mass is 10.2. The molecule has 0 N–H and O–H groups in total. The lowest BCUT2D eigenvalue weighted by molar-refractivity contribution is -0.384. The summed E-state index contributed by atoms with van der Waals surface area (Å²) >= 11 is 0. The van der Waals surface area contributed by atoms with Gasteiger partial charge < -0.3 is 9.47 Å². The van der Waals surface area contributed by atoms with Crippen LogP contribution in [0.4, 0.5) is 5.69 Å². The second-order valence-electron chi connectivity index (χ2n) is 8.26. The molecule has 1 aliphatic rings. The zero-order chi connectivity index (χ0) is 23.8. The third-order valence-corrected chi connectivity index (χ3v) is 6.04. The second kappa shape index (κ2) is 11.7. The second-order valence-corrected chi connectivity index (χ2v) is 8.26. The molecule has 3 aromatic rings. The van der Waals surface area contributed by atoms with Gasteiger partial charge in [0.25, 0.3) is 5.69 Å². The lowest BCUT2D eigenvalue weighted by Crippen LogP contribution is -2.47. The zero-order valence-electron chi connectivity index (χ0n) is 19.5. The quantitative estimate of drug-likeness (QED) is 0.244. The number of aromatic nitrogens is 2. The van der Waals surface area contributed by atoms with Gasteiger partial charge in [-0.2, -0.15) is 0 Å². The normalized spacial score (nSPS) is 15.3. The van der Waals surface area contributed by atoms with Gasteiger partial charge >= 0.3 is 0 Å². The van der Waals surface area contributed by atoms with Gasteiger partial charge in [-0.15, -0.1) is 5.10 Å². The summed E-state index contributed by atoms with van der Waals surface area (Å²) in [6.45, 7) is 7.82. The Hall–Kier alpha value is -3.27. The average molecular weight is 466 g/mol. The minimum absolute atomic E-state index is 0.0221. The maximum Gasteiger partial charge on any atom is 0.270 e. The van der Waals surface area contributed by atoms with Crippen molar-refractivity contribution in [3.8, 4) is 5.88 Å². The molecule has 0 atom stereocenters. The maximum atomic E-state index is 11.1. The molecule has 180 valence electrons. The van der Waals surface area contributed by atoms with Crippen LogP contribution >= 0.6 is 0 Å². The van der Waals surface area contributed by atoms with Crippen molar-refractivity contribution >= 4 is 22.7 Å². The number of hydrogen-bond acceptors (Lipinski definition) is 7. The predicted octanol–water partition coefficient (Wildman–Crippen LogP) is 3.30. The molecule has 34 heavy (non-hydrogen) atoms. The van der Waals surface area contributed by atoms with E-state index in [0.29, 0.717) is 31.0 Å². The molecular formula is C25H31N5O4. The molecule has 9 nitrogen and oxygen atoms in total. The molecule has 1 aliphatic heterocycles. The molecule has 0 radical (unpaired) electrons. The highest BCUT2D eigenvalue weighted by atomic mass is 16.6. The van der Waals surface area contributed by atoms with E-state index in [-0.39, 0.29) is 5.69 Å². The first kappa shape index (κ1) is 23.9. The van der Waals surface area contributed by atoms with Crippen LogP contribution in [0.1, 0.15) is 5.56 Å². The number of methoxy groups -OCH3 is 1. The van der Waals surface area contributed by atoms with E-state index in [9.17, 15) is 10.1 Å². The number of hydrogen-bond donors (Lipinski definition) is 0. The number of non-ortho nitro benzene ring substituents is 1. The number of rotatable bonds is 11. The van der Waals surface area contributed by atoms with Gasteiger partial charge in [-0.1, -0.05) is 42.5 Å². The number of ether oxygens (including phenoxy) is 2. The van der Waals surface area contributed by atoms with E-state index in [1.165, 1.54) is 24.8 Å². The molecule has 0 bridgehead atoms. The number of nitro groups is 1. The summed E-state index contributed by atoms with van der Waals surface area (Å²) in [5.41, 5.74) is 2.05. The van der Waals surface area contributed by atoms with Crippen LogP contribution in [0.2, 0.25) is 0 Å². The average Bonchev–Trinajstić information content (AvgIpc) is 3.22. The molecule has 9 heteroatoms. The molecule has 0 aliphatic carbocycles. The van der Waals surface area contributed by atoms with Crippen LogP contribution in [-0.2, 0) is 11.3 Å². The largest absolute Gasteiger partial charge is 0.479 e. The standard InChI is InChI=1S/C25H31N5O4/c1-33-25-23-20-22(30(31)32)9-10-24(23)29(26-25)17-19-34-18-16-28-14-12-27(13-15-28)11-5-8-21-6-3-2-4-7-21/h2-10,20H,11-19H2,1H3/b8-5+. The Bertz CT molecular complexity index is 1110. The number of nitrogens with zero attached hydrogens (tertiary/aromatic N) is 5. The first-order valence-electron chi connectivity index (χ1n) is 11.6. The Kier molecular flexibility index (Phi) is 8.24. The molecule has 0 amide bonds. The fraction of sp³-hybridized carbons (Fsp3) is 0.400. The van der Waals surface area contributed by atoms with E-state index in [4.69, 9.17) is 9.47 Å². The summed E-state index contributed by atoms with van der Waals surface area (Å²) in [6, 6.07) is 15.1. The summed E-state index contributed by atoms with van der Waals surface area (Å²) in [4.78, 5) is 15.5. The van der Waals surface area contributed by atoms with Gasteiger partial charge in [-0.05, 0) is 11.6 Å². The summed E-state index contributed by atoms with van der Waals surface area (Å²) in [6.07, 6.45) is 4.42. The first-order valence-corrected chi connectivity index (χ1v) is 11.6. The van der Waals surface area contributed by atoms with E-state index in [1.807, 2.05) is 6.07 Å². The van der Waals surface area contributed by atoms with Crippen molar-refractivity contribution in [3.63, 3.8) is 0 Å². The van der Waals surface area contributed by atoms with Crippen molar-refractivity contribution in [2.75, 3.05) is 59.6 Å². The van der Waals surface area contributed by atoms with Crippen LogP contribution in [0.25, 0.3) is 17.0 Å². The Morgan fingerprint density at radius 2 is 1.76 bits per heavy atom. The fourth-order valence-electron chi connectivity index (χ4n) is 4.12. The van der Waals surface area contributed by atoms with Gasteiger partial charge in [0.1, 0.15) is 0 Å². The smallest absolute Gasteiger partial charge is 0.270 e.